The van der Waals surface area contributed by atoms with Crippen LogP contribution in [0.25, 0.3) is 0 Å². The SMILES string of the molecule is C#CC#CC#CC#CC#CC1CCCC2C1CC(C)C2B(C)C1C(C)CC2C(C#CC#CC#CC#CC#C)CCCC21. The molecule has 0 aromatic rings. The van der Waals surface area contributed by atoms with Crippen molar-refractivity contribution in [1.29, 1.82) is 0 Å². The molecule has 204 valence electrons. The zero-order chi connectivity index (χ0) is 29.7. The van der Waals surface area contributed by atoms with Gasteiger partial charge in [-0.05, 0) is 156 Å². The van der Waals surface area contributed by atoms with E-state index < -0.39 is 0 Å². The van der Waals surface area contributed by atoms with Crippen molar-refractivity contribution in [2.24, 2.45) is 47.3 Å². The molecule has 0 bridgehead atoms. The molecule has 0 amide bonds. The third kappa shape index (κ3) is 7.49. The third-order valence-electron chi connectivity index (χ3n) is 10.5. The van der Waals surface area contributed by atoms with Crippen molar-refractivity contribution in [1.82, 2.24) is 0 Å². The van der Waals surface area contributed by atoms with Gasteiger partial charge in [0.1, 0.15) is 6.71 Å². The van der Waals surface area contributed by atoms with Gasteiger partial charge in [-0.3, -0.25) is 0 Å². The minimum atomic E-state index is 0.449. The van der Waals surface area contributed by atoms with Gasteiger partial charge in [-0.15, -0.1) is 12.8 Å². The average Bonchev–Trinajstić information content (AvgIpc) is 3.51. The highest BCUT2D eigenvalue weighted by molar-refractivity contribution is 6.61. The number of hydrogen-bond acceptors (Lipinski definition) is 0. The summed E-state index contributed by atoms with van der Waals surface area (Å²) in [5.74, 6) is 56.9. The molecule has 42 heavy (non-hydrogen) atoms. The van der Waals surface area contributed by atoms with E-state index in [0.29, 0.717) is 23.7 Å². The van der Waals surface area contributed by atoms with Gasteiger partial charge in [0.05, 0.1) is 0 Å². The van der Waals surface area contributed by atoms with Gasteiger partial charge in [0.25, 0.3) is 0 Å². The van der Waals surface area contributed by atoms with Crippen LogP contribution in [-0.4, -0.2) is 6.71 Å². The Morgan fingerprint density at radius 2 is 0.833 bits per heavy atom. The van der Waals surface area contributed by atoms with Crippen LogP contribution in [0.5, 0.6) is 0 Å². The number of hydrogen-bond donors (Lipinski definition) is 0. The Morgan fingerprint density at radius 1 is 0.476 bits per heavy atom. The topological polar surface area (TPSA) is 0 Å². The zero-order valence-electron chi connectivity index (χ0n) is 25.2. The number of rotatable bonds is 2. The van der Waals surface area contributed by atoms with Gasteiger partial charge in [-0.2, -0.15) is 0 Å². The van der Waals surface area contributed by atoms with Crippen molar-refractivity contribution in [3.8, 4) is 119 Å². The monoisotopic (exact) mass is 540 g/mol. The molecule has 0 N–H and O–H groups in total. The Morgan fingerprint density at radius 3 is 1.21 bits per heavy atom. The lowest BCUT2D eigenvalue weighted by molar-refractivity contribution is 0.217. The Bertz CT molecular complexity index is 1490. The van der Waals surface area contributed by atoms with Crippen LogP contribution in [0.1, 0.15) is 65.2 Å². The summed E-state index contributed by atoms with van der Waals surface area (Å²) in [5, 5.41) is 0. The molecule has 0 radical (unpaired) electrons. The molecule has 1 heteroatoms. The number of terminal acetylenes is 2. The maximum Gasteiger partial charge on any atom is 0.144 e. The third-order valence-corrected chi connectivity index (χ3v) is 10.5. The van der Waals surface area contributed by atoms with E-state index in [-0.39, 0.29) is 0 Å². The summed E-state index contributed by atoms with van der Waals surface area (Å²) in [7, 11) is 0. The first-order chi connectivity index (χ1) is 20.6. The summed E-state index contributed by atoms with van der Waals surface area (Å²) in [4.78, 5) is 0. The van der Waals surface area contributed by atoms with E-state index in [2.05, 4.69) is 127 Å². The summed E-state index contributed by atoms with van der Waals surface area (Å²) >= 11 is 0. The van der Waals surface area contributed by atoms with Crippen LogP contribution >= 0.6 is 0 Å². The quantitative estimate of drug-likeness (QED) is 0.285. The fourth-order valence-corrected chi connectivity index (χ4v) is 9.32. The Kier molecular flexibility index (Phi) is 11.4. The van der Waals surface area contributed by atoms with E-state index in [1.165, 1.54) is 51.4 Å². The largest absolute Gasteiger partial charge is 0.144 e. The fraction of sp³-hybridized carbons (Fsp3) is 0.512. The van der Waals surface area contributed by atoms with Crippen LogP contribution in [0.15, 0.2) is 0 Å². The van der Waals surface area contributed by atoms with Crippen LogP contribution in [0, 0.1) is 167 Å². The summed E-state index contributed by atoms with van der Waals surface area (Å²) < 4.78 is 0. The van der Waals surface area contributed by atoms with Gasteiger partial charge in [-0.1, -0.05) is 69.8 Å². The lowest BCUT2D eigenvalue weighted by atomic mass is 9.29. The molecule has 4 rings (SSSR count). The molecule has 4 fully saturated rings. The molecule has 10 unspecified atom stereocenters. The van der Waals surface area contributed by atoms with E-state index in [1.807, 2.05) is 0 Å². The standard InChI is InChI=1S/C41H37B/c1-6-8-10-12-14-16-18-20-24-34-26-22-28-36-38(34)30-32(3)40(36)42(5)41-33(4)31-39-35(27-23-29-37(39)41)25-21-19-17-15-13-11-9-7-2/h1-2,32-41H,22-23,26-31H2,3-5H3. The summed E-state index contributed by atoms with van der Waals surface area (Å²) in [6, 6.07) is 0. The highest BCUT2D eigenvalue weighted by Crippen LogP contribution is 2.62. The predicted molar refractivity (Wildman–Crippen MR) is 175 cm³/mol. The molecule has 0 aromatic carbocycles. The summed E-state index contributed by atoms with van der Waals surface area (Å²) in [6.07, 6.45) is 20.4. The van der Waals surface area contributed by atoms with E-state index in [0.717, 1.165) is 42.0 Å². The van der Waals surface area contributed by atoms with E-state index in [1.54, 1.807) is 0 Å². The summed E-state index contributed by atoms with van der Waals surface area (Å²) in [6.45, 7) is 8.36. The summed E-state index contributed by atoms with van der Waals surface area (Å²) in [5.41, 5.74) is 0. The average molecular weight is 541 g/mol. The van der Waals surface area contributed by atoms with E-state index in [4.69, 9.17) is 12.8 Å². The Labute approximate surface area is 256 Å². The molecule has 0 saturated heterocycles. The normalized spacial score (nSPS) is 32.7. The van der Waals surface area contributed by atoms with Crippen LogP contribution in [-0.2, 0) is 0 Å². The minimum Gasteiger partial charge on any atom is -0.106 e. The lowest BCUT2D eigenvalue weighted by Gasteiger charge is -2.41. The van der Waals surface area contributed by atoms with Crippen LogP contribution in [0.4, 0.5) is 0 Å². The molecule has 0 heterocycles. The van der Waals surface area contributed by atoms with Crippen LogP contribution in [0.3, 0.4) is 0 Å². The molecular formula is C41H37B. The van der Waals surface area contributed by atoms with Crippen LogP contribution < -0.4 is 0 Å². The van der Waals surface area contributed by atoms with Gasteiger partial charge in [-0.25, -0.2) is 0 Å². The second-order valence-electron chi connectivity index (χ2n) is 12.5. The smallest absolute Gasteiger partial charge is 0.106 e. The van der Waals surface area contributed by atoms with Crippen molar-refractivity contribution in [2.45, 2.75) is 83.7 Å². The lowest BCUT2D eigenvalue weighted by Crippen LogP contribution is -2.37. The van der Waals surface area contributed by atoms with Gasteiger partial charge >= 0.3 is 0 Å². The maximum absolute atomic E-state index is 5.10. The van der Waals surface area contributed by atoms with Gasteiger partial charge in [0, 0.05) is 11.8 Å². The first-order valence-electron chi connectivity index (χ1n) is 15.5. The van der Waals surface area contributed by atoms with Gasteiger partial charge in [0.15, 0.2) is 0 Å². The molecule has 4 saturated carbocycles. The van der Waals surface area contributed by atoms with Gasteiger partial charge < -0.3 is 0 Å². The van der Waals surface area contributed by atoms with E-state index >= 15 is 0 Å². The molecule has 0 nitrogen and oxygen atoms in total. The van der Waals surface area contributed by atoms with Crippen molar-refractivity contribution in [3.05, 3.63) is 0 Å². The Hall–Kier alpha value is -4.34. The molecule has 4 aliphatic carbocycles. The molecule has 10 atom stereocenters. The fourth-order valence-electron chi connectivity index (χ4n) is 9.32. The van der Waals surface area contributed by atoms with Crippen molar-refractivity contribution < 1.29 is 0 Å². The minimum absolute atomic E-state index is 0.449. The Balaban J connectivity index is 1.44. The highest BCUT2D eigenvalue weighted by Gasteiger charge is 2.54. The zero-order valence-corrected chi connectivity index (χ0v) is 25.2. The molecular weight excluding hydrogens is 503 g/mol. The first-order valence-corrected chi connectivity index (χ1v) is 15.5. The molecule has 0 aliphatic heterocycles. The highest BCUT2D eigenvalue weighted by atomic mass is 14.5. The maximum atomic E-state index is 5.10. The molecule has 0 aromatic heterocycles. The van der Waals surface area contributed by atoms with Gasteiger partial charge in [0.2, 0.25) is 0 Å². The van der Waals surface area contributed by atoms with Crippen molar-refractivity contribution in [3.63, 3.8) is 0 Å². The molecule has 0 spiro atoms. The van der Waals surface area contributed by atoms with E-state index in [9.17, 15) is 0 Å². The van der Waals surface area contributed by atoms with Crippen molar-refractivity contribution >= 4 is 6.71 Å². The molecule has 4 aliphatic rings. The predicted octanol–water partition coefficient (Wildman–Crippen LogP) is 6.29. The first kappa shape index (κ1) is 30.6. The number of fused-ring (bicyclic) bond motifs is 2. The second-order valence-corrected chi connectivity index (χ2v) is 12.5. The second kappa shape index (κ2) is 15.6. The van der Waals surface area contributed by atoms with Crippen LogP contribution in [0.2, 0.25) is 18.5 Å². The van der Waals surface area contributed by atoms with Crippen molar-refractivity contribution in [2.75, 3.05) is 0 Å².